The predicted molar refractivity (Wildman–Crippen MR) is 77.8 cm³/mol. The van der Waals surface area contributed by atoms with Gasteiger partial charge in [-0.1, -0.05) is 0 Å². The Kier molecular flexibility index (Phi) is 3.64. The zero-order valence-electron chi connectivity index (χ0n) is 10.7. The third-order valence-electron chi connectivity index (χ3n) is 3.54. The molecule has 1 aliphatic carbocycles. The van der Waals surface area contributed by atoms with Crippen molar-refractivity contribution in [3.05, 3.63) is 45.0 Å². The number of aryl methyl sites for hydroxylation is 2. The van der Waals surface area contributed by atoms with E-state index >= 15 is 0 Å². The zero-order valence-corrected chi connectivity index (χ0v) is 11.5. The highest BCUT2D eigenvalue weighted by Crippen LogP contribution is 2.22. The van der Waals surface area contributed by atoms with Crippen LogP contribution >= 0.6 is 11.3 Å². The van der Waals surface area contributed by atoms with Crippen LogP contribution in [-0.4, -0.2) is 15.8 Å². The highest BCUT2D eigenvalue weighted by molar-refractivity contribution is 7.07. The van der Waals surface area contributed by atoms with E-state index in [0.717, 1.165) is 12.1 Å². The zero-order chi connectivity index (χ0) is 13.1. The number of anilines is 1. The van der Waals surface area contributed by atoms with Gasteiger partial charge >= 0.3 is 0 Å². The van der Waals surface area contributed by atoms with Gasteiger partial charge in [-0.2, -0.15) is 16.4 Å². The van der Waals surface area contributed by atoms with Crippen LogP contribution in [0.4, 0.5) is 5.69 Å². The van der Waals surface area contributed by atoms with E-state index in [9.17, 15) is 4.79 Å². The molecule has 5 heteroatoms. The normalized spacial score (nSPS) is 15.2. The number of aromatic nitrogens is 2. The molecular weight excluding hydrogens is 258 g/mol. The van der Waals surface area contributed by atoms with Gasteiger partial charge in [0.2, 0.25) is 0 Å². The predicted octanol–water partition coefficient (Wildman–Crippen LogP) is 2.51. The maximum Gasteiger partial charge on any atom is 0.268 e. The van der Waals surface area contributed by atoms with Gasteiger partial charge in [0.25, 0.3) is 5.56 Å². The molecule has 1 saturated carbocycles. The molecule has 0 atom stereocenters. The molecule has 0 unspecified atom stereocenters. The lowest BCUT2D eigenvalue weighted by molar-refractivity contribution is 0.445. The second-order valence-electron chi connectivity index (χ2n) is 4.96. The van der Waals surface area contributed by atoms with Gasteiger partial charge in [-0.15, -0.1) is 0 Å². The third-order valence-corrected chi connectivity index (χ3v) is 4.27. The molecule has 1 aliphatic rings. The van der Waals surface area contributed by atoms with E-state index < -0.39 is 0 Å². The van der Waals surface area contributed by atoms with E-state index in [0.29, 0.717) is 12.6 Å². The summed E-state index contributed by atoms with van der Waals surface area (Å²) in [5.41, 5.74) is 2.08. The summed E-state index contributed by atoms with van der Waals surface area (Å²) in [4.78, 5) is 12.0. The summed E-state index contributed by atoms with van der Waals surface area (Å²) in [6.45, 7) is 0.638. The summed E-state index contributed by atoms with van der Waals surface area (Å²) in [6.07, 6.45) is 6.28. The first-order valence-electron chi connectivity index (χ1n) is 6.66. The van der Waals surface area contributed by atoms with E-state index in [4.69, 9.17) is 0 Å². The molecule has 0 amide bonds. The first-order chi connectivity index (χ1) is 9.31. The summed E-state index contributed by atoms with van der Waals surface area (Å²) >= 11 is 1.68. The van der Waals surface area contributed by atoms with Gasteiger partial charge in [-0.3, -0.25) is 4.79 Å². The molecule has 4 nitrogen and oxygen atoms in total. The average Bonchev–Trinajstić information content (AvgIpc) is 2.86. The Bertz CT molecular complexity index is 587. The van der Waals surface area contributed by atoms with Crippen molar-refractivity contribution in [2.75, 3.05) is 5.32 Å². The molecule has 1 fully saturated rings. The molecule has 2 aromatic heterocycles. The monoisotopic (exact) mass is 275 g/mol. The van der Waals surface area contributed by atoms with Gasteiger partial charge in [0, 0.05) is 18.7 Å². The van der Waals surface area contributed by atoms with Crippen molar-refractivity contribution in [3.8, 4) is 0 Å². The fourth-order valence-corrected chi connectivity index (χ4v) is 2.84. The average molecular weight is 275 g/mol. The van der Waals surface area contributed by atoms with Gasteiger partial charge < -0.3 is 5.32 Å². The Balaban J connectivity index is 1.63. The number of hydrogen-bond acceptors (Lipinski definition) is 4. The number of rotatable bonds is 5. The molecule has 0 radical (unpaired) electrons. The van der Waals surface area contributed by atoms with Crippen LogP contribution in [0.1, 0.15) is 24.8 Å². The maximum absolute atomic E-state index is 12.0. The van der Waals surface area contributed by atoms with Gasteiger partial charge in [0.1, 0.15) is 0 Å². The van der Waals surface area contributed by atoms with Crippen LogP contribution in [0, 0.1) is 0 Å². The van der Waals surface area contributed by atoms with Crippen LogP contribution in [0.3, 0.4) is 0 Å². The molecule has 0 bridgehead atoms. The largest absolute Gasteiger partial charge is 0.381 e. The lowest BCUT2D eigenvalue weighted by atomic mass is 9.93. The Morgan fingerprint density at radius 3 is 3.00 bits per heavy atom. The molecule has 2 aromatic rings. The SMILES string of the molecule is O=c1cc(NC2CCC2)cnn1CCc1ccsc1. The number of hydrogen-bond donors (Lipinski definition) is 1. The molecule has 0 aliphatic heterocycles. The lowest BCUT2D eigenvalue weighted by Gasteiger charge is -2.27. The summed E-state index contributed by atoms with van der Waals surface area (Å²) in [6, 6.07) is 4.27. The molecule has 0 spiro atoms. The minimum absolute atomic E-state index is 0.0282. The molecule has 3 rings (SSSR count). The summed E-state index contributed by atoms with van der Waals surface area (Å²) < 4.78 is 1.53. The second kappa shape index (κ2) is 5.57. The summed E-state index contributed by atoms with van der Waals surface area (Å²) in [5.74, 6) is 0. The lowest BCUT2D eigenvalue weighted by Crippen LogP contribution is -2.29. The van der Waals surface area contributed by atoms with Crippen molar-refractivity contribution in [2.24, 2.45) is 0 Å². The molecular formula is C14H17N3OS. The van der Waals surface area contributed by atoms with Crippen molar-refractivity contribution in [3.63, 3.8) is 0 Å². The van der Waals surface area contributed by atoms with Crippen molar-refractivity contribution in [1.82, 2.24) is 9.78 Å². The number of nitrogens with one attached hydrogen (secondary N) is 1. The van der Waals surface area contributed by atoms with Crippen LogP contribution in [-0.2, 0) is 13.0 Å². The highest BCUT2D eigenvalue weighted by Gasteiger charge is 2.17. The topological polar surface area (TPSA) is 46.9 Å². The van der Waals surface area contributed by atoms with E-state index in [1.807, 2.05) is 0 Å². The first kappa shape index (κ1) is 12.4. The van der Waals surface area contributed by atoms with Crippen LogP contribution in [0.5, 0.6) is 0 Å². The summed E-state index contributed by atoms with van der Waals surface area (Å²) in [5, 5.41) is 11.7. The van der Waals surface area contributed by atoms with E-state index in [2.05, 4.69) is 27.2 Å². The maximum atomic E-state index is 12.0. The van der Waals surface area contributed by atoms with Gasteiger partial charge in [0.15, 0.2) is 0 Å². The van der Waals surface area contributed by atoms with Crippen LogP contribution in [0.2, 0.25) is 0 Å². The third kappa shape index (κ3) is 3.04. The molecule has 100 valence electrons. The van der Waals surface area contributed by atoms with E-state index in [1.54, 1.807) is 23.6 Å². The Hall–Kier alpha value is -1.62. The van der Waals surface area contributed by atoms with Crippen molar-refractivity contribution >= 4 is 17.0 Å². The highest BCUT2D eigenvalue weighted by atomic mass is 32.1. The van der Waals surface area contributed by atoms with Gasteiger partial charge in [-0.25, -0.2) is 4.68 Å². The van der Waals surface area contributed by atoms with Gasteiger partial charge in [0.05, 0.1) is 11.9 Å². The van der Waals surface area contributed by atoms with Crippen molar-refractivity contribution in [1.29, 1.82) is 0 Å². The number of nitrogens with zero attached hydrogens (tertiary/aromatic N) is 2. The van der Waals surface area contributed by atoms with Crippen molar-refractivity contribution < 1.29 is 0 Å². The Morgan fingerprint density at radius 1 is 1.47 bits per heavy atom. The minimum Gasteiger partial charge on any atom is -0.381 e. The molecule has 2 heterocycles. The standard InChI is InChI=1S/C14H17N3OS/c18-14-8-13(16-12-2-1-3-12)9-15-17(14)6-4-11-5-7-19-10-11/h5,7-10,12,16H,1-4,6H2. The van der Waals surface area contributed by atoms with Crippen LogP contribution in [0.15, 0.2) is 33.9 Å². The van der Waals surface area contributed by atoms with Gasteiger partial charge in [-0.05, 0) is 48.1 Å². The molecule has 0 aromatic carbocycles. The van der Waals surface area contributed by atoms with Crippen LogP contribution in [0.25, 0.3) is 0 Å². The van der Waals surface area contributed by atoms with Crippen LogP contribution < -0.4 is 10.9 Å². The smallest absolute Gasteiger partial charge is 0.268 e. The van der Waals surface area contributed by atoms with Crippen molar-refractivity contribution in [2.45, 2.75) is 38.3 Å². The second-order valence-corrected chi connectivity index (χ2v) is 5.74. The Labute approximate surface area is 116 Å². The summed E-state index contributed by atoms with van der Waals surface area (Å²) in [7, 11) is 0. The molecule has 19 heavy (non-hydrogen) atoms. The first-order valence-corrected chi connectivity index (χ1v) is 7.60. The molecule has 1 N–H and O–H groups in total. The fourth-order valence-electron chi connectivity index (χ4n) is 2.14. The van der Waals surface area contributed by atoms with E-state index in [1.165, 1.54) is 29.5 Å². The Morgan fingerprint density at radius 2 is 2.37 bits per heavy atom. The quantitative estimate of drug-likeness (QED) is 0.912. The fraction of sp³-hybridized carbons (Fsp3) is 0.429. The molecule has 0 saturated heterocycles. The minimum atomic E-state index is -0.0282. The van der Waals surface area contributed by atoms with E-state index in [-0.39, 0.29) is 5.56 Å². The number of thiophene rings is 1.